The standard InChI is InChI=1S/C17H20N2S/c1-4-14-7-5-6-8-15(14)18-17(20)19-16-11-12(2)9-10-13(16)3/h5-11H,4H2,1-3H3,(H2,18,19,20). The van der Waals surface area contributed by atoms with E-state index in [4.69, 9.17) is 12.2 Å². The summed E-state index contributed by atoms with van der Waals surface area (Å²) in [6.45, 7) is 6.29. The van der Waals surface area contributed by atoms with Crippen molar-refractivity contribution in [2.45, 2.75) is 27.2 Å². The third-order valence-corrected chi connectivity index (χ3v) is 3.49. The molecule has 0 heterocycles. The minimum atomic E-state index is 0.625. The number of benzene rings is 2. The zero-order chi connectivity index (χ0) is 14.5. The number of thiocarbonyl (C=S) groups is 1. The molecule has 2 nitrogen and oxygen atoms in total. The number of para-hydroxylation sites is 1. The average Bonchev–Trinajstić information content (AvgIpc) is 2.43. The molecule has 3 heteroatoms. The zero-order valence-electron chi connectivity index (χ0n) is 12.2. The highest BCUT2D eigenvalue weighted by Gasteiger charge is 2.04. The molecule has 0 radical (unpaired) electrons. The summed E-state index contributed by atoms with van der Waals surface area (Å²) in [5.74, 6) is 0. The predicted octanol–water partition coefficient (Wildman–Crippen LogP) is 4.67. The highest BCUT2D eigenvalue weighted by molar-refractivity contribution is 7.80. The Hall–Kier alpha value is -1.87. The van der Waals surface area contributed by atoms with Crippen LogP contribution in [0.4, 0.5) is 11.4 Å². The lowest BCUT2D eigenvalue weighted by molar-refractivity contribution is 1.14. The van der Waals surface area contributed by atoms with E-state index in [1.165, 1.54) is 16.7 Å². The molecule has 0 unspecified atom stereocenters. The normalized spacial score (nSPS) is 10.2. The first kappa shape index (κ1) is 14.5. The van der Waals surface area contributed by atoms with E-state index in [1.807, 2.05) is 12.1 Å². The predicted molar refractivity (Wildman–Crippen MR) is 91.6 cm³/mol. The molecular weight excluding hydrogens is 264 g/mol. The molecule has 0 fully saturated rings. The number of anilines is 2. The van der Waals surface area contributed by atoms with Crippen LogP contribution in [0.1, 0.15) is 23.6 Å². The van der Waals surface area contributed by atoms with Crippen LogP contribution in [0.15, 0.2) is 42.5 Å². The average molecular weight is 284 g/mol. The van der Waals surface area contributed by atoms with Gasteiger partial charge in [0.25, 0.3) is 0 Å². The lowest BCUT2D eigenvalue weighted by Gasteiger charge is -2.15. The summed E-state index contributed by atoms with van der Waals surface area (Å²) >= 11 is 5.41. The third-order valence-electron chi connectivity index (χ3n) is 3.29. The van der Waals surface area contributed by atoms with Gasteiger partial charge in [-0.15, -0.1) is 0 Å². The van der Waals surface area contributed by atoms with Gasteiger partial charge in [0.05, 0.1) is 0 Å². The second-order valence-electron chi connectivity index (χ2n) is 4.91. The van der Waals surface area contributed by atoms with Crippen LogP contribution in [0.25, 0.3) is 0 Å². The maximum atomic E-state index is 5.41. The second kappa shape index (κ2) is 6.53. The van der Waals surface area contributed by atoms with E-state index in [9.17, 15) is 0 Å². The molecule has 0 spiro atoms. The smallest absolute Gasteiger partial charge is 0.175 e. The van der Waals surface area contributed by atoms with E-state index in [2.05, 4.69) is 61.7 Å². The number of aryl methyl sites for hydroxylation is 3. The van der Waals surface area contributed by atoms with Crippen molar-refractivity contribution < 1.29 is 0 Å². The SMILES string of the molecule is CCc1ccccc1NC(=S)Nc1cc(C)ccc1C. The molecule has 0 aliphatic carbocycles. The van der Waals surface area contributed by atoms with Crippen molar-refractivity contribution in [2.24, 2.45) is 0 Å². The van der Waals surface area contributed by atoms with Crippen LogP contribution in [0, 0.1) is 13.8 Å². The molecule has 2 aromatic rings. The minimum Gasteiger partial charge on any atom is -0.332 e. The number of hydrogen-bond acceptors (Lipinski definition) is 1. The molecule has 0 aromatic heterocycles. The van der Waals surface area contributed by atoms with E-state index in [0.29, 0.717) is 5.11 Å². The van der Waals surface area contributed by atoms with Gasteiger partial charge in [0, 0.05) is 11.4 Å². The van der Waals surface area contributed by atoms with Crippen molar-refractivity contribution in [2.75, 3.05) is 10.6 Å². The minimum absolute atomic E-state index is 0.625. The summed E-state index contributed by atoms with van der Waals surface area (Å²) in [6.07, 6.45) is 0.981. The lowest BCUT2D eigenvalue weighted by atomic mass is 10.1. The molecule has 0 saturated heterocycles. The summed E-state index contributed by atoms with van der Waals surface area (Å²) in [6, 6.07) is 14.5. The van der Waals surface area contributed by atoms with E-state index >= 15 is 0 Å². The first-order valence-corrected chi connectivity index (χ1v) is 7.24. The highest BCUT2D eigenvalue weighted by atomic mass is 32.1. The molecule has 2 N–H and O–H groups in total. The molecule has 0 amide bonds. The van der Waals surface area contributed by atoms with Crippen molar-refractivity contribution >= 4 is 28.7 Å². The molecule has 0 saturated carbocycles. The molecule has 0 aliphatic heterocycles. The molecule has 20 heavy (non-hydrogen) atoms. The van der Waals surface area contributed by atoms with Gasteiger partial charge in [0.15, 0.2) is 5.11 Å². The van der Waals surface area contributed by atoms with Crippen LogP contribution >= 0.6 is 12.2 Å². The fourth-order valence-corrected chi connectivity index (χ4v) is 2.32. The molecule has 104 valence electrons. The van der Waals surface area contributed by atoms with Crippen LogP contribution < -0.4 is 10.6 Å². The topological polar surface area (TPSA) is 24.1 Å². The first-order chi connectivity index (χ1) is 9.60. The van der Waals surface area contributed by atoms with Crippen LogP contribution in [-0.4, -0.2) is 5.11 Å². The van der Waals surface area contributed by atoms with Gasteiger partial charge < -0.3 is 10.6 Å². The van der Waals surface area contributed by atoms with Crippen LogP contribution in [0.5, 0.6) is 0 Å². The Labute approximate surface area is 126 Å². The molecule has 0 atom stereocenters. The maximum absolute atomic E-state index is 5.41. The van der Waals surface area contributed by atoms with E-state index in [-0.39, 0.29) is 0 Å². The van der Waals surface area contributed by atoms with E-state index in [0.717, 1.165) is 17.8 Å². The van der Waals surface area contributed by atoms with Gasteiger partial charge in [-0.1, -0.05) is 37.3 Å². The van der Waals surface area contributed by atoms with Crippen LogP contribution in [0.3, 0.4) is 0 Å². The number of hydrogen-bond donors (Lipinski definition) is 2. The number of nitrogens with one attached hydrogen (secondary N) is 2. The summed E-state index contributed by atoms with van der Waals surface area (Å²) in [5, 5.41) is 7.17. The van der Waals surface area contributed by atoms with E-state index < -0.39 is 0 Å². The van der Waals surface area contributed by atoms with Crippen molar-refractivity contribution in [3.8, 4) is 0 Å². The van der Waals surface area contributed by atoms with Crippen molar-refractivity contribution in [3.63, 3.8) is 0 Å². The summed E-state index contributed by atoms with van der Waals surface area (Å²) < 4.78 is 0. The molecule has 0 aliphatic rings. The summed E-state index contributed by atoms with van der Waals surface area (Å²) in [4.78, 5) is 0. The van der Waals surface area contributed by atoms with E-state index in [1.54, 1.807) is 0 Å². The lowest BCUT2D eigenvalue weighted by Crippen LogP contribution is -2.20. The summed E-state index contributed by atoms with van der Waals surface area (Å²) in [5.41, 5.74) is 5.78. The Morgan fingerprint density at radius 2 is 1.70 bits per heavy atom. The quantitative estimate of drug-likeness (QED) is 0.801. The molecule has 2 aromatic carbocycles. The van der Waals surface area contributed by atoms with Gasteiger partial charge in [-0.25, -0.2) is 0 Å². The van der Waals surface area contributed by atoms with Gasteiger partial charge in [-0.3, -0.25) is 0 Å². The fraction of sp³-hybridized carbons (Fsp3) is 0.235. The molecule has 2 rings (SSSR count). The summed E-state index contributed by atoms with van der Waals surface area (Å²) in [7, 11) is 0. The fourth-order valence-electron chi connectivity index (χ4n) is 2.10. The Morgan fingerprint density at radius 1 is 1.00 bits per heavy atom. The van der Waals surface area contributed by atoms with Crippen molar-refractivity contribution in [3.05, 3.63) is 59.2 Å². The molecule has 0 bridgehead atoms. The van der Waals surface area contributed by atoms with Crippen LogP contribution in [-0.2, 0) is 6.42 Å². The molecular formula is C17H20N2S. The van der Waals surface area contributed by atoms with Gasteiger partial charge in [0.1, 0.15) is 0 Å². The maximum Gasteiger partial charge on any atom is 0.175 e. The monoisotopic (exact) mass is 284 g/mol. The zero-order valence-corrected chi connectivity index (χ0v) is 13.0. The number of rotatable bonds is 3. The van der Waals surface area contributed by atoms with Gasteiger partial charge in [-0.05, 0) is 61.3 Å². The van der Waals surface area contributed by atoms with Gasteiger partial charge >= 0.3 is 0 Å². The van der Waals surface area contributed by atoms with Crippen LogP contribution in [0.2, 0.25) is 0 Å². The Balaban J connectivity index is 2.11. The Kier molecular flexibility index (Phi) is 4.74. The van der Waals surface area contributed by atoms with Crippen molar-refractivity contribution in [1.29, 1.82) is 0 Å². The second-order valence-corrected chi connectivity index (χ2v) is 5.32. The Morgan fingerprint density at radius 3 is 2.45 bits per heavy atom. The highest BCUT2D eigenvalue weighted by Crippen LogP contribution is 2.19. The first-order valence-electron chi connectivity index (χ1n) is 6.83. The Bertz CT molecular complexity index is 620. The van der Waals surface area contributed by atoms with Crippen molar-refractivity contribution in [1.82, 2.24) is 0 Å². The third kappa shape index (κ3) is 3.58. The van der Waals surface area contributed by atoms with Gasteiger partial charge in [-0.2, -0.15) is 0 Å². The largest absolute Gasteiger partial charge is 0.332 e. The van der Waals surface area contributed by atoms with Gasteiger partial charge in [0.2, 0.25) is 0 Å².